The predicted octanol–water partition coefficient (Wildman–Crippen LogP) is 2.85. The molecule has 0 spiro atoms. The Kier molecular flexibility index (Phi) is 4.17. The Balaban J connectivity index is 1.91. The van der Waals surface area contributed by atoms with E-state index in [1.54, 1.807) is 0 Å². The van der Waals surface area contributed by atoms with E-state index in [0.29, 0.717) is 18.8 Å². The first-order valence-electron chi connectivity index (χ1n) is 6.66. The molecule has 1 heterocycles. The molecule has 1 aromatic rings. The zero-order chi connectivity index (χ0) is 14.8. The van der Waals surface area contributed by atoms with Crippen LogP contribution < -0.4 is 5.32 Å². The lowest BCUT2D eigenvalue weighted by molar-refractivity contribution is -0.141. The van der Waals surface area contributed by atoms with Gasteiger partial charge in [0.1, 0.15) is 5.82 Å². The van der Waals surface area contributed by atoms with Crippen molar-refractivity contribution in [2.24, 2.45) is 5.92 Å². The number of aromatic nitrogens is 2. The summed E-state index contributed by atoms with van der Waals surface area (Å²) in [5, 5.41) is 19.8. The molecule has 0 atom stereocenters. The van der Waals surface area contributed by atoms with Crippen LogP contribution in [0.2, 0.25) is 0 Å². The lowest BCUT2D eigenvalue weighted by Gasteiger charge is -2.35. The van der Waals surface area contributed by atoms with Crippen molar-refractivity contribution in [3.8, 4) is 0 Å². The van der Waals surface area contributed by atoms with E-state index in [0.717, 1.165) is 18.9 Å². The summed E-state index contributed by atoms with van der Waals surface area (Å²) in [5.41, 5.74) is -1.83. The minimum atomic E-state index is -4.48. The topological polar surface area (TPSA) is 58.0 Å². The maximum absolute atomic E-state index is 12.3. The summed E-state index contributed by atoms with van der Waals surface area (Å²) < 4.78 is 37.0. The van der Waals surface area contributed by atoms with Crippen LogP contribution in [-0.4, -0.2) is 27.4 Å². The smallest absolute Gasteiger partial charge is 0.388 e. The number of anilines is 1. The van der Waals surface area contributed by atoms with Gasteiger partial charge in [0.05, 0.1) is 5.60 Å². The van der Waals surface area contributed by atoms with E-state index in [9.17, 15) is 18.3 Å². The molecule has 1 aromatic heterocycles. The third kappa shape index (κ3) is 3.82. The molecule has 1 saturated carbocycles. The van der Waals surface area contributed by atoms with Crippen LogP contribution in [0.5, 0.6) is 0 Å². The Morgan fingerprint density at radius 1 is 1.30 bits per heavy atom. The number of nitrogens with zero attached hydrogens (tertiary/aromatic N) is 2. The number of hydrogen-bond acceptors (Lipinski definition) is 4. The molecule has 0 aliphatic heterocycles. The monoisotopic (exact) mass is 289 g/mol. The van der Waals surface area contributed by atoms with E-state index in [2.05, 4.69) is 22.4 Å². The van der Waals surface area contributed by atoms with Gasteiger partial charge < -0.3 is 10.4 Å². The van der Waals surface area contributed by atoms with Crippen molar-refractivity contribution in [2.75, 3.05) is 11.9 Å². The SMILES string of the molecule is CC1CCC(O)(CNc2ccc(C(F)(F)F)nn2)CC1. The van der Waals surface area contributed by atoms with Crippen molar-refractivity contribution in [3.05, 3.63) is 17.8 Å². The van der Waals surface area contributed by atoms with E-state index in [4.69, 9.17) is 0 Å². The molecule has 0 unspecified atom stereocenters. The largest absolute Gasteiger partial charge is 0.435 e. The van der Waals surface area contributed by atoms with Crippen LogP contribution in [-0.2, 0) is 6.18 Å². The lowest BCUT2D eigenvalue weighted by Crippen LogP contribution is -2.40. The number of halogens is 3. The molecule has 2 rings (SSSR count). The third-order valence-corrected chi connectivity index (χ3v) is 3.76. The number of rotatable bonds is 3. The van der Waals surface area contributed by atoms with Crippen molar-refractivity contribution in [1.29, 1.82) is 0 Å². The van der Waals surface area contributed by atoms with Gasteiger partial charge in [0, 0.05) is 6.54 Å². The van der Waals surface area contributed by atoms with Gasteiger partial charge in [0.2, 0.25) is 0 Å². The number of alkyl halides is 3. The first kappa shape index (κ1) is 15.0. The average molecular weight is 289 g/mol. The second-order valence-electron chi connectivity index (χ2n) is 5.56. The summed E-state index contributed by atoms with van der Waals surface area (Å²) in [6, 6.07) is 2.10. The van der Waals surface area contributed by atoms with Gasteiger partial charge in [-0.05, 0) is 43.7 Å². The predicted molar refractivity (Wildman–Crippen MR) is 68.1 cm³/mol. The summed E-state index contributed by atoms with van der Waals surface area (Å²) in [7, 11) is 0. The Hall–Kier alpha value is -1.37. The van der Waals surface area contributed by atoms with Crippen LogP contribution in [0.4, 0.5) is 19.0 Å². The molecule has 4 nitrogen and oxygen atoms in total. The van der Waals surface area contributed by atoms with Gasteiger partial charge in [0.15, 0.2) is 5.69 Å². The first-order valence-corrected chi connectivity index (χ1v) is 6.66. The molecule has 112 valence electrons. The van der Waals surface area contributed by atoms with Gasteiger partial charge in [-0.2, -0.15) is 13.2 Å². The van der Waals surface area contributed by atoms with Crippen LogP contribution >= 0.6 is 0 Å². The fraction of sp³-hybridized carbons (Fsp3) is 0.692. The Labute approximate surface area is 115 Å². The first-order chi connectivity index (χ1) is 9.28. The standard InChI is InChI=1S/C13H18F3N3O/c1-9-4-6-12(20,7-5-9)8-17-11-3-2-10(18-19-11)13(14,15)16/h2-3,9,20H,4-8H2,1H3,(H,17,19). The summed E-state index contributed by atoms with van der Waals surface area (Å²) in [6.45, 7) is 2.42. The quantitative estimate of drug-likeness (QED) is 0.898. The molecule has 1 aliphatic rings. The normalized spacial score (nSPS) is 27.4. The van der Waals surface area contributed by atoms with Crippen molar-refractivity contribution in [1.82, 2.24) is 10.2 Å². The summed E-state index contributed by atoms with van der Waals surface area (Å²) in [6.07, 6.45) is -1.19. The van der Waals surface area contributed by atoms with Gasteiger partial charge in [-0.25, -0.2) is 0 Å². The molecule has 7 heteroatoms. The van der Waals surface area contributed by atoms with Crippen LogP contribution in [0.3, 0.4) is 0 Å². The lowest BCUT2D eigenvalue weighted by atomic mass is 9.79. The van der Waals surface area contributed by atoms with E-state index in [-0.39, 0.29) is 12.4 Å². The maximum Gasteiger partial charge on any atom is 0.435 e. The van der Waals surface area contributed by atoms with Crippen LogP contribution in [0, 0.1) is 5.92 Å². The minimum Gasteiger partial charge on any atom is -0.388 e. The van der Waals surface area contributed by atoms with E-state index in [1.165, 1.54) is 6.07 Å². The molecule has 1 fully saturated rings. The molecule has 0 aromatic carbocycles. The molecular weight excluding hydrogens is 271 g/mol. The third-order valence-electron chi connectivity index (χ3n) is 3.76. The van der Waals surface area contributed by atoms with Gasteiger partial charge in [-0.1, -0.05) is 6.92 Å². The van der Waals surface area contributed by atoms with Crippen molar-refractivity contribution < 1.29 is 18.3 Å². The van der Waals surface area contributed by atoms with Crippen molar-refractivity contribution >= 4 is 5.82 Å². The van der Waals surface area contributed by atoms with Crippen molar-refractivity contribution in [2.45, 2.75) is 44.4 Å². The zero-order valence-corrected chi connectivity index (χ0v) is 11.2. The highest BCUT2D eigenvalue weighted by Crippen LogP contribution is 2.32. The number of nitrogens with one attached hydrogen (secondary N) is 1. The van der Waals surface area contributed by atoms with Crippen LogP contribution in [0.25, 0.3) is 0 Å². The fourth-order valence-electron chi connectivity index (χ4n) is 2.31. The Morgan fingerprint density at radius 2 is 1.95 bits per heavy atom. The number of aliphatic hydroxyl groups is 1. The van der Waals surface area contributed by atoms with Gasteiger partial charge >= 0.3 is 6.18 Å². The highest BCUT2D eigenvalue weighted by molar-refractivity contribution is 5.34. The van der Waals surface area contributed by atoms with Crippen LogP contribution in [0.1, 0.15) is 38.3 Å². The summed E-state index contributed by atoms with van der Waals surface area (Å²) in [4.78, 5) is 0. The zero-order valence-electron chi connectivity index (χ0n) is 11.2. The maximum atomic E-state index is 12.3. The second kappa shape index (κ2) is 5.55. The highest BCUT2D eigenvalue weighted by atomic mass is 19.4. The van der Waals surface area contributed by atoms with Crippen LogP contribution in [0.15, 0.2) is 12.1 Å². The molecular formula is C13H18F3N3O. The number of hydrogen-bond donors (Lipinski definition) is 2. The molecule has 20 heavy (non-hydrogen) atoms. The van der Waals surface area contributed by atoms with Gasteiger partial charge in [-0.15, -0.1) is 10.2 Å². The fourth-order valence-corrected chi connectivity index (χ4v) is 2.31. The highest BCUT2D eigenvalue weighted by Gasteiger charge is 2.33. The summed E-state index contributed by atoms with van der Waals surface area (Å²) in [5.74, 6) is 0.853. The molecule has 2 N–H and O–H groups in total. The molecule has 0 saturated heterocycles. The average Bonchev–Trinajstić information content (AvgIpc) is 2.40. The van der Waals surface area contributed by atoms with Gasteiger partial charge in [-0.3, -0.25) is 0 Å². The minimum absolute atomic E-state index is 0.241. The van der Waals surface area contributed by atoms with E-state index < -0.39 is 17.5 Å². The second-order valence-corrected chi connectivity index (χ2v) is 5.56. The Morgan fingerprint density at radius 3 is 2.45 bits per heavy atom. The molecule has 0 bridgehead atoms. The van der Waals surface area contributed by atoms with Gasteiger partial charge in [0.25, 0.3) is 0 Å². The molecule has 0 radical (unpaired) electrons. The molecule has 0 amide bonds. The Bertz CT molecular complexity index is 439. The van der Waals surface area contributed by atoms with E-state index >= 15 is 0 Å². The van der Waals surface area contributed by atoms with Crippen molar-refractivity contribution in [3.63, 3.8) is 0 Å². The van der Waals surface area contributed by atoms with E-state index in [1.807, 2.05) is 0 Å². The molecule has 1 aliphatic carbocycles. The summed E-state index contributed by atoms with van der Waals surface area (Å²) >= 11 is 0.